The van der Waals surface area contributed by atoms with Gasteiger partial charge in [0.2, 0.25) is 0 Å². The van der Waals surface area contributed by atoms with E-state index in [1.165, 1.54) is 11.3 Å². The van der Waals surface area contributed by atoms with Crippen molar-refractivity contribution in [2.45, 2.75) is 25.4 Å². The van der Waals surface area contributed by atoms with E-state index >= 15 is 0 Å². The summed E-state index contributed by atoms with van der Waals surface area (Å²) in [4.78, 5) is 14.5. The highest BCUT2D eigenvalue weighted by Gasteiger charge is 2.19. The first-order valence-corrected chi connectivity index (χ1v) is 10.7. The molecule has 162 valence electrons. The Labute approximate surface area is 183 Å². The fraction of sp³-hybridized carbons (Fsp3) is 0.333. The highest BCUT2D eigenvalue weighted by molar-refractivity contribution is 5.92. The predicted octanol–water partition coefficient (Wildman–Crippen LogP) is 3.20. The molecule has 2 aromatic carbocycles. The summed E-state index contributed by atoms with van der Waals surface area (Å²) in [6.45, 7) is 2.88. The van der Waals surface area contributed by atoms with E-state index < -0.39 is 0 Å². The van der Waals surface area contributed by atoms with Gasteiger partial charge in [-0.15, -0.1) is 0 Å². The van der Waals surface area contributed by atoms with Gasteiger partial charge in [-0.2, -0.15) is 5.10 Å². The van der Waals surface area contributed by atoms with Crippen LogP contribution in [0.5, 0.6) is 5.75 Å². The Morgan fingerprint density at radius 3 is 2.52 bits per heavy atom. The third kappa shape index (κ3) is 6.08. The maximum atomic E-state index is 12.1. The van der Waals surface area contributed by atoms with Crippen LogP contribution in [0.25, 0.3) is 0 Å². The molecular weight excluding hydrogens is 390 g/mol. The second-order valence-electron chi connectivity index (χ2n) is 7.86. The highest BCUT2D eigenvalue weighted by Crippen LogP contribution is 2.22. The Kier molecular flexibility index (Phi) is 6.84. The number of aromatic nitrogens is 2. The zero-order valence-electron chi connectivity index (χ0n) is 17.8. The van der Waals surface area contributed by atoms with Crippen molar-refractivity contribution in [1.82, 2.24) is 15.1 Å². The van der Waals surface area contributed by atoms with Crippen LogP contribution in [0.4, 0.5) is 11.4 Å². The number of anilines is 2. The lowest BCUT2D eigenvalue weighted by Crippen LogP contribution is -2.42. The minimum atomic E-state index is -0.169. The van der Waals surface area contributed by atoms with Gasteiger partial charge in [0.1, 0.15) is 5.75 Å². The van der Waals surface area contributed by atoms with Gasteiger partial charge in [0.15, 0.2) is 6.61 Å². The molecule has 0 saturated carbocycles. The summed E-state index contributed by atoms with van der Waals surface area (Å²) in [5.41, 5.74) is 3.18. The maximum Gasteiger partial charge on any atom is 0.262 e. The van der Waals surface area contributed by atoms with E-state index in [4.69, 9.17) is 4.74 Å². The van der Waals surface area contributed by atoms with Crippen molar-refractivity contribution in [3.8, 4) is 5.75 Å². The van der Waals surface area contributed by atoms with E-state index in [-0.39, 0.29) is 12.5 Å². The van der Waals surface area contributed by atoms with Crippen molar-refractivity contribution in [2.24, 2.45) is 7.05 Å². The van der Waals surface area contributed by atoms with Crippen LogP contribution in [-0.4, -0.2) is 41.4 Å². The number of piperidine rings is 1. The number of ether oxygens (including phenoxy) is 1. The number of benzene rings is 2. The molecule has 7 nitrogen and oxygen atoms in total. The molecule has 1 amide bonds. The average Bonchev–Trinajstić information content (AvgIpc) is 3.23. The van der Waals surface area contributed by atoms with Crippen molar-refractivity contribution in [3.63, 3.8) is 0 Å². The zero-order valence-corrected chi connectivity index (χ0v) is 17.8. The van der Waals surface area contributed by atoms with E-state index in [9.17, 15) is 4.79 Å². The van der Waals surface area contributed by atoms with Crippen LogP contribution in [0.2, 0.25) is 0 Å². The summed E-state index contributed by atoms with van der Waals surface area (Å²) >= 11 is 0. The molecule has 0 spiro atoms. The van der Waals surface area contributed by atoms with Crippen molar-refractivity contribution < 1.29 is 9.53 Å². The van der Waals surface area contributed by atoms with Gasteiger partial charge in [-0.1, -0.05) is 18.2 Å². The molecule has 3 aromatic rings. The van der Waals surface area contributed by atoms with Gasteiger partial charge < -0.3 is 20.3 Å². The molecule has 1 aromatic heterocycles. The van der Waals surface area contributed by atoms with Gasteiger partial charge in [-0.25, -0.2) is 0 Å². The summed E-state index contributed by atoms with van der Waals surface area (Å²) in [5, 5.41) is 10.7. The van der Waals surface area contributed by atoms with Gasteiger partial charge in [0, 0.05) is 55.9 Å². The Bertz CT molecular complexity index is 963. The SMILES string of the molecule is Cn1cc(CNC2CCN(c3ccc(NC(=O)COc4ccccc4)cc3)CC2)cn1. The number of carbonyl (C=O) groups is 1. The molecule has 1 saturated heterocycles. The summed E-state index contributed by atoms with van der Waals surface area (Å²) in [7, 11) is 1.94. The topological polar surface area (TPSA) is 71.4 Å². The largest absolute Gasteiger partial charge is 0.484 e. The van der Waals surface area contributed by atoms with Gasteiger partial charge in [-0.05, 0) is 49.2 Å². The molecule has 7 heteroatoms. The highest BCUT2D eigenvalue weighted by atomic mass is 16.5. The average molecular weight is 420 g/mol. The van der Waals surface area contributed by atoms with Crippen molar-refractivity contribution >= 4 is 17.3 Å². The lowest BCUT2D eigenvalue weighted by Gasteiger charge is -2.34. The van der Waals surface area contributed by atoms with E-state index in [1.54, 1.807) is 0 Å². The fourth-order valence-electron chi connectivity index (χ4n) is 3.79. The molecule has 0 aliphatic carbocycles. The second kappa shape index (κ2) is 10.1. The Morgan fingerprint density at radius 1 is 1.10 bits per heavy atom. The summed E-state index contributed by atoms with van der Waals surface area (Å²) in [6, 6.07) is 17.9. The molecular formula is C24H29N5O2. The molecule has 0 radical (unpaired) electrons. The Morgan fingerprint density at radius 2 is 1.84 bits per heavy atom. The number of hydrogen-bond acceptors (Lipinski definition) is 5. The molecule has 2 heterocycles. The minimum Gasteiger partial charge on any atom is -0.484 e. The van der Waals surface area contributed by atoms with Crippen LogP contribution in [0.3, 0.4) is 0 Å². The van der Waals surface area contributed by atoms with Gasteiger partial charge >= 0.3 is 0 Å². The summed E-state index contributed by atoms with van der Waals surface area (Å²) < 4.78 is 7.32. The van der Waals surface area contributed by atoms with Gasteiger partial charge in [0.05, 0.1) is 6.20 Å². The standard InChI is InChI=1S/C24H29N5O2/c1-28-17-19(16-26-28)15-25-20-11-13-29(14-12-20)22-9-7-21(8-10-22)27-24(30)18-31-23-5-3-2-4-6-23/h2-10,16-17,20,25H,11-15,18H2,1H3,(H,27,30). The van der Waals surface area contributed by atoms with Crippen LogP contribution in [0, 0.1) is 0 Å². The fourth-order valence-corrected chi connectivity index (χ4v) is 3.79. The molecule has 2 N–H and O–H groups in total. The number of para-hydroxylation sites is 1. The van der Waals surface area contributed by atoms with E-state index in [0.717, 1.165) is 38.2 Å². The smallest absolute Gasteiger partial charge is 0.262 e. The van der Waals surface area contributed by atoms with Gasteiger partial charge in [-0.3, -0.25) is 9.48 Å². The second-order valence-corrected chi connectivity index (χ2v) is 7.86. The molecule has 1 aliphatic heterocycles. The third-order valence-corrected chi connectivity index (χ3v) is 5.48. The van der Waals surface area contributed by atoms with Crippen LogP contribution >= 0.6 is 0 Å². The van der Waals surface area contributed by atoms with Gasteiger partial charge in [0.25, 0.3) is 5.91 Å². The Balaban J connectivity index is 1.20. The molecule has 31 heavy (non-hydrogen) atoms. The summed E-state index contributed by atoms with van der Waals surface area (Å²) in [5.74, 6) is 0.517. The number of nitrogens with one attached hydrogen (secondary N) is 2. The number of nitrogens with zero attached hydrogens (tertiary/aromatic N) is 3. The van der Waals surface area contributed by atoms with Crippen LogP contribution in [0.15, 0.2) is 67.0 Å². The minimum absolute atomic E-state index is 0.00861. The normalized spacial score (nSPS) is 14.4. The van der Waals surface area contributed by atoms with E-state index in [2.05, 4.69) is 39.0 Å². The first-order valence-electron chi connectivity index (χ1n) is 10.7. The Hall–Kier alpha value is -3.32. The molecule has 4 rings (SSSR count). The van der Waals surface area contributed by atoms with Crippen LogP contribution in [0.1, 0.15) is 18.4 Å². The first kappa shape index (κ1) is 20.9. The monoisotopic (exact) mass is 419 g/mol. The number of amides is 1. The maximum absolute atomic E-state index is 12.1. The van der Waals surface area contributed by atoms with Crippen molar-refractivity contribution in [2.75, 3.05) is 29.9 Å². The molecule has 0 unspecified atom stereocenters. The van der Waals surface area contributed by atoms with E-state index in [0.29, 0.717) is 11.8 Å². The third-order valence-electron chi connectivity index (χ3n) is 5.48. The quantitative estimate of drug-likeness (QED) is 0.587. The molecule has 1 aliphatic rings. The summed E-state index contributed by atoms with van der Waals surface area (Å²) in [6.07, 6.45) is 6.18. The number of hydrogen-bond donors (Lipinski definition) is 2. The number of carbonyl (C=O) groups excluding carboxylic acids is 1. The molecule has 0 atom stereocenters. The molecule has 0 bridgehead atoms. The van der Waals surface area contributed by atoms with E-state index in [1.807, 2.05) is 60.4 Å². The van der Waals surface area contributed by atoms with Crippen LogP contribution in [-0.2, 0) is 18.4 Å². The lowest BCUT2D eigenvalue weighted by atomic mass is 10.0. The van der Waals surface area contributed by atoms with Crippen LogP contribution < -0.4 is 20.3 Å². The number of rotatable bonds is 8. The predicted molar refractivity (Wildman–Crippen MR) is 122 cm³/mol. The number of aryl methyl sites for hydroxylation is 1. The van der Waals surface area contributed by atoms with Crippen molar-refractivity contribution in [1.29, 1.82) is 0 Å². The van der Waals surface area contributed by atoms with Crippen molar-refractivity contribution in [3.05, 3.63) is 72.6 Å². The first-order chi connectivity index (χ1) is 15.2. The molecule has 1 fully saturated rings. The zero-order chi connectivity index (χ0) is 21.5. The lowest BCUT2D eigenvalue weighted by molar-refractivity contribution is -0.118.